The lowest BCUT2D eigenvalue weighted by Gasteiger charge is -2.51. The van der Waals surface area contributed by atoms with Crippen molar-refractivity contribution in [2.24, 2.45) is 5.92 Å². The standard InChI is InChI=1S/C20H24N4O2/c25-20(14-6-1-2-7-16(14)24-12-5-9-21-24)22-17-15-8-13-26-19(15)18(17)23-10-3-4-11-23/h1-2,5-7,9,12,15,17-19H,3-4,8,10-11,13H2,(H,22,25)/t15-,17+,18-,19-/m1/s1. The fourth-order valence-corrected chi connectivity index (χ4v) is 4.85. The van der Waals surface area contributed by atoms with Crippen molar-refractivity contribution in [3.63, 3.8) is 0 Å². The number of rotatable bonds is 4. The molecule has 6 nitrogen and oxygen atoms in total. The number of carbonyl (C=O) groups excluding carboxylic acids is 1. The first-order valence-electron chi connectivity index (χ1n) is 9.58. The van der Waals surface area contributed by atoms with Gasteiger partial charge in [-0.05, 0) is 50.6 Å². The van der Waals surface area contributed by atoms with Gasteiger partial charge in [0.15, 0.2) is 0 Å². The van der Waals surface area contributed by atoms with E-state index in [1.807, 2.05) is 36.5 Å². The zero-order valence-electron chi connectivity index (χ0n) is 14.8. The average Bonchev–Trinajstić information content (AvgIpc) is 3.42. The maximum absolute atomic E-state index is 13.1. The van der Waals surface area contributed by atoms with Gasteiger partial charge in [0.1, 0.15) is 0 Å². The molecule has 3 fully saturated rings. The molecule has 3 aliphatic rings. The molecule has 0 radical (unpaired) electrons. The van der Waals surface area contributed by atoms with Crippen LogP contribution in [0.25, 0.3) is 5.69 Å². The Morgan fingerprint density at radius 1 is 1.19 bits per heavy atom. The highest BCUT2D eigenvalue weighted by atomic mass is 16.5. The number of hydrogen-bond donors (Lipinski definition) is 1. The molecule has 26 heavy (non-hydrogen) atoms. The number of ether oxygens (including phenoxy) is 1. The summed E-state index contributed by atoms with van der Waals surface area (Å²) in [4.78, 5) is 15.6. The highest BCUT2D eigenvalue weighted by molar-refractivity contribution is 5.98. The molecule has 0 spiro atoms. The van der Waals surface area contributed by atoms with Crippen molar-refractivity contribution in [1.82, 2.24) is 20.0 Å². The molecule has 2 saturated heterocycles. The second-order valence-electron chi connectivity index (χ2n) is 7.49. The van der Waals surface area contributed by atoms with Crippen LogP contribution in [0.2, 0.25) is 0 Å². The van der Waals surface area contributed by atoms with E-state index < -0.39 is 0 Å². The molecule has 4 atom stereocenters. The largest absolute Gasteiger partial charge is 0.376 e. The van der Waals surface area contributed by atoms with E-state index in [9.17, 15) is 4.79 Å². The molecular formula is C20H24N4O2. The third-order valence-corrected chi connectivity index (χ3v) is 6.11. The van der Waals surface area contributed by atoms with Crippen LogP contribution < -0.4 is 5.32 Å². The first-order valence-corrected chi connectivity index (χ1v) is 9.58. The van der Waals surface area contributed by atoms with Crippen LogP contribution >= 0.6 is 0 Å². The molecule has 2 aromatic rings. The van der Waals surface area contributed by atoms with E-state index >= 15 is 0 Å². The monoisotopic (exact) mass is 352 g/mol. The summed E-state index contributed by atoms with van der Waals surface area (Å²) in [6.07, 6.45) is 7.42. The number of carbonyl (C=O) groups is 1. The van der Waals surface area contributed by atoms with Crippen molar-refractivity contribution >= 4 is 5.91 Å². The minimum Gasteiger partial charge on any atom is -0.376 e. The topological polar surface area (TPSA) is 59.4 Å². The van der Waals surface area contributed by atoms with Crippen molar-refractivity contribution in [1.29, 1.82) is 0 Å². The Labute approximate surface area is 153 Å². The van der Waals surface area contributed by atoms with Crippen molar-refractivity contribution in [3.05, 3.63) is 48.3 Å². The van der Waals surface area contributed by atoms with E-state index in [4.69, 9.17) is 4.74 Å². The van der Waals surface area contributed by atoms with Gasteiger partial charge in [-0.25, -0.2) is 4.68 Å². The predicted octanol–water partition coefficient (Wildman–Crippen LogP) is 1.85. The van der Waals surface area contributed by atoms with Gasteiger partial charge in [0.2, 0.25) is 0 Å². The summed E-state index contributed by atoms with van der Waals surface area (Å²) in [6, 6.07) is 10.0. The minimum absolute atomic E-state index is 0.0179. The summed E-state index contributed by atoms with van der Waals surface area (Å²) in [5.74, 6) is 0.428. The number of amides is 1. The Morgan fingerprint density at radius 3 is 2.85 bits per heavy atom. The Bertz CT molecular complexity index is 780. The fourth-order valence-electron chi connectivity index (χ4n) is 4.85. The summed E-state index contributed by atoms with van der Waals surface area (Å²) in [7, 11) is 0. The number of aromatic nitrogens is 2. The van der Waals surface area contributed by atoms with Crippen molar-refractivity contribution in [3.8, 4) is 5.69 Å². The van der Waals surface area contributed by atoms with Crippen LogP contribution in [0.1, 0.15) is 29.6 Å². The van der Waals surface area contributed by atoms with Gasteiger partial charge < -0.3 is 10.1 Å². The molecule has 1 aromatic carbocycles. The number of para-hydroxylation sites is 1. The molecule has 136 valence electrons. The zero-order valence-corrected chi connectivity index (χ0v) is 14.8. The van der Waals surface area contributed by atoms with Crippen LogP contribution in [-0.4, -0.2) is 58.5 Å². The second kappa shape index (κ2) is 6.52. The van der Waals surface area contributed by atoms with Crippen molar-refractivity contribution in [2.45, 2.75) is 37.5 Å². The van der Waals surface area contributed by atoms with Gasteiger partial charge in [-0.3, -0.25) is 9.69 Å². The molecule has 2 aliphatic heterocycles. The predicted molar refractivity (Wildman–Crippen MR) is 97.3 cm³/mol. The number of likely N-dealkylation sites (tertiary alicyclic amines) is 1. The maximum atomic E-state index is 13.1. The fraction of sp³-hybridized carbons (Fsp3) is 0.500. The molecule has 1 aromatic heterocycles. The smallest absolute Gasteiger partial charge is 0.253 e. The lowest BCUT2D eigenvalue weighted by Crippen LogP contribution is -2.70. The zero-order chi connectivity index (χ0) is 17.5. The van der Waals surface area contributed by atoms with E-state index in [1.54, 1.807) is 10.9 Å². The number of fused-ring (bicyclic) bond motifs is 1. The summed E-state index contributed by atoms with van der Waals surface area (Å²) in [5, 5.41) is 7.61. The molecule has 1 saturated carbocycles. The van der Waals surface area contributed by atoms with Gasteiger partial charge >= 0.3 is 0 Å². The first-order chi connectivity index (χ1) is 12.8. The normalized spacial score (nSPS) is 30.8. The van der Waals surface area contributed by atoms with Crippen LogP contribution in [0, 0.1) is 5.92 Å². The van der Waals surface area contributed by atoms with Gasteiger partial charge in [-0.1, -0.05) is 12.1 Å². The van der Waals surface area contributed by atoms with E-state index in [1.165, 1.54) is 12.8 Å². The third-order valence-electron chi connectivity index (χ3n) is 6.11. The van der Waals surface area contributed by atoms with Gasteiger partial charge in [-0.2, -0.15) is 5.10 Å². The van der Waals surface area contributed by atoms with Crippen molar-refractivity contribution in [2.75, 3.05) is 19.7 Å². The summed E-state index contributed by atoms with van der Waals surface area (Å²) in [6.45, 7) is 3.05. The van der Waals surface area contributed by atoms with Gasteiger partial charge in [0, 0.05) is 24.9 Å². The highest BCUT2D eigenvalue weighted by Gasteiger charge is 2.56. The van der Waals surface area contributed by atoms with Crippen LogP contribution in [0.3, 0.4) is 0 Å². The third kappa shape index (κ3) is 2.56. The maximum Gasteiger partial charge on any atom is 0.253 e. The summed E-state index contributed by atoms with van der Waals surface area (Å²) < 4.78 is 7.72. The van der Waals surface area contributed by atoms with E-state index in [2.05, 4.69) is 15.3 Å². The molecular weight excluding hydrogens is 328 g/mol. The molecule has 0 unspecified atom stereocenters. The van der Waals surface area contributed by atoms with Crippen LogP contribution in [0.4, 0.5) is 0 Å². The quantitative estimate of drug-likeness (QED) is 0.912. The lowest BCUT2D eigenvalue weighted by molar-refractivity contribution is -0.0747. The molecule has 1 N–H and O–H groups in total. The Kier molecular flexibility index (Phi) is 4.02. The number of nitrogens with zero attached hydrogens (tertiary/aromatic N) is 3. The van der Waals surface area contributed by atoms with Crippen LogP contribution in [0.15, 0.2) is 42.7 Å². The van der Waals surface area contributed by atoms with Crippen molar-refractivity contribution < 1.29 is 9.53 Å². The van der Waals surface area contributed by atoms with E-state index in [0.717, 1.165) is 31.8 Å². The van der Waals surface area contributed by atoms with E-state index in [0.29, 0.717) is 23.6 Å². The Hall–Kier alpha value is -2.18. The van der Waals surface area contributed by atoms with E-state index in [-0.39, 0.29) is 11.9 Å². The first kappa shape index (κ1) is 16.0. The molecule has 3 heterocycles. The number of nitrogens with one attached hydrogen (secondary N) is 1. The Balaban J connectivity index is 1.38. The average molecular weight is 352 g/mol. The summed E-state index contributed by atoms with van der Waals surface area (Å²) >= 11 is 0. The molecule has 5 rings (SSSR count). The lowest BCUT2D eigenvalue weighted by atomic mass is 9.70. The molecule has 6 heteroatoms. The SMILES string of the molecule is O=C(N[C@H]1[C@H]2CCO[C@H]2[C@@H]1N1CCCC1)c1ccccc1-n1cccn1. The molecule has 0 bridgehead atoms. The molecule has 1 amide bonds. The molecule has 1 aliphatic carbocycles. The number of benzene rings is 1. The Morgan fingerprint density at radius 2 is 2.04 bits per heavy atom. The van der Waals surface area contributed by atoms with Crippen LogP contribution in [0.5, 0.6) is 0 Å². The second-order valence-corrected chi connectivity index (χ2v) is 7.49. The van der Waals surface area contributed by atoms with Gasteiger partial charge in [-0.15, -0.1) is 0 Å². The highest BCUT2D eigenvalue weighted by Crippen LogP contribution is 2.43. The minimum atomic E-state index is -0.0179. The number of hydrogen-bond acceptors (Lipinski definition) is 4. The van der Waals surface area contributed by atoms with Gasteiger partial charge in [0.05, 0.1) is 29.4 Å². The summed E-state index contributed by atoms with van der Waals surface area (Å²) in [5.41, 5.74) is 1.48. The van der Waals surface area contributed by atoms with Gasteiger partial charge in [0.25, 0.3) is 5.91 Å². The van der Waals surface area contributed by atoms with Crippen LogP contribution in [-0.2, 0) is 4.74 Å².